The molecular weight excluding hydrogens is 336 g/mol. The number of aromatic nitrogens is 2. The first-order valence-corrected chi connectivity index (χ1v) is 8.33. The van der Waals surface area contributed by atoms with Gasteiger partial charge in [0.25, 0.3) is 0 Å². The van der Waals surface area contributed by atoms with E-state index < -0.39 is 0 Å². The molecule has 0 radical (unpaired) electrons. The summed E-state index contributed by atoms with van der Waals surface area (Å²) in [6, 6.07) is 16.5. The number of hydrogen-bond donors (Lipinski definition) is 2. The van der Waals surface area contributed by atoms with E-state index in [1.54, 1.807) is 0 Å². The normalized spacial score (nSPS) is 14.9. The van der Waals surface area contributed by atoms with Crippen LogP contribution in [0.25, 0.3) is 10.9 Å². The zero-order valence-electron chi connectivity index (χ0n) is 14.1. The fourth-order valence-corrected chi connectivity index (χ4v) is 3.02. The molecule has 4 rings (SSSR count). The average Bonchev–Trinajstić information content (AvgIpc) is 2.64. The standard InChI is InChI=1S/C19H20N4O.ClH/c1-14-6-8-15(9-7-14)20-19-21-17-5-3-2-4-16(17)18(22-19)23-10-12-24-13-11-23;/h2-9H,10-13H2,1H3,(H,20,21,22);1H. The molecule has 1 saturated heterocycles. The molecule has 0 spiro atoms. The van der Waals surface area contributed by atoms with E-state index in [2.05, 4.69) is 47.6 Å². The van der Waals surface area contributed by atoms with Crippen LogP contribution in [0, 0.1) is 6.92 Å². The molecule has 0 unspecified atom stereocenters. The van der Waals surface area contributed by atoms with Crippen molar-refractivity contribution in [1.82, 2.24) is 9.97 Å². The lowest BCUT2D eigenvalue weighted by Crippen LogP contribution is -3.09. The summed E-state index contributed by atoms with van der Waals surface area (Å²) in [7, 11) is 0. The van der Waals surface area contributed by atoms with Crippen LogP contribution in [0.3, 0.4) is 0 Å². The van der Waals surface area contributed by atoms with Crippen molar-refractivity contribution in [2.75, 3.05) is 31.6 Å². The number of halogens is 1. The van der Waals surface area contributed by atoms with E-state index in [0.717, 1.165) is 48.7 Å². The molecule has 6 heteroatoms. The number of nitrogens with one attached hydrogen (secondary N) is 2. The number of benzene rings is 2. The van der Waals surface area contributed by atoms with E-state index in [1.165, 1.54) is 10.5 Å². The third-order valence-electron chi connectivity index (χ3n) is 4.34. The van der Waals surface area contributed by atoms with Crippen molar-refractivity contribution in [1.29, 1.82) is 0 Å². The van der Waals surface area contributed by atoms with Crippen LogP contribution >= 0.6 is 0 Å². The van der Waals surface area contributed by atoms with E-state index in [0.29, 0.717) is 5.95 Å². The highest BCUT2D eigenvalue weighted by Crippen LogP contribution is 2.21. The van der Waals surface area contributed by atoms with Crippen LogP contribution in [0.15, 0.2) is 48.5 Å². The lowest BCUT2D eigenvalue weighted by Gasteiger charge is -2.23. The van der Waals surface area contributed by atoms with Crippen molar-refractivity contribution in [2.24, 2.45) is 0 Å². The zero-order chi connectivity index (χ0) is 16.4. The first-order chi connectivity index (χ1) is 11.8. The molecule has 0 aliphatic carbocycles. The number of morpholine rings is 1. The summed E-state index contributed by atoms with van der Waals surface area (Å²) in [4.78, 5) is 10.9. The number of rotatable bonds is 3. The third-order valence-corrected chi connectivity index (χ3v) is 4.34. The molecule has 2 aromatic carbocycles. The summed E-state index contributed by atoms with van der Waals surface area (Å²) in [5.41, 5.74) is 3.20. The van der Waals surface area contributed by atoms with Gasteiger partial charge in [-0.2, -0.15) is 4.98 Å². The van der Waals surface area contributed by atoms with Gasteiger partial charge in [0.05, 0.1) is 24.1 Å². The minimum atomic E-state index is 0. The summed E-state index contributed by atoms with van der Waals surface area (Å²) < 4.78 is 5.49. The summed E-state index contributed by atoms with van der Waals surface area (Å²) >= 11 is 0. The number of ether oxygens (including phenoxy) is 1. The van der Waals surface area contributed by atoms with Gasteiger partial charge in [-0.05, 0) is 31.2 Å². The molecule has 0 atom stereocenters. The third kappa shape index (κ3) is 3.90. The maximum atomic E-state index is 5.49. The average molecular weight is 357 g/mol. The molecule has 1 aliphatic heterocycles. The van der Waals surface area contributed by atoms with Gasteiger partial charge in [0.1, 0.15) is 13.1 Å². The van der Waals surface area contributed by atoms with Gasteiger partial charge in [-0.3, -0.25) is 4.90 Å². The second-order valence-electron chi connectivity index (χ2n) is 6.12. The fraction of sp³-hybridized carbons (Fsp3) is 0.263. The Kier molecular flexibility index (Phi) is 5.48. The molecule has 2 N–H and O–H groups in total. The van der Waals surface area contributed by atoms with Crippen molar-refractivity contribution in [2.45, 2.75) is 6.92 Å². The highest BCUT2D eigenvalue weighted by Gasteiger charge is 2.22. The first kappa shape index (κ1) is 17.6. The second kappa shape index (κ2) is 7.78. The molecule has 25 heavy (non-hydrogen) atoms. The van der Waals surface area contributed by atoms with Crippen LogP contribution < -0.4 is 22.6 Å². The summed E-state index contributed by atoms with van der Waals surface area (Å²) in [6.45, 7) is 5.49. The SMILES string of the molecule is Cc1ccc(Nc2nc([NH+]3CCOCC3)c3ccccc3n2)cc1.[Cl-]. The smallest absolute Gasteiger partial charge is 0.238 e. The maximum absolute atomic E-state index is 5.49. The van der Waals surface area contributed by atoms with Gasteiger partial charge in [-0.15, -0.1) is 0 Å². The molecule has 1 fully saturated rings. The largest absolute Gasteiger partial charge is 1.00 e. The van der Waals surface area contributed by atoms with Crippen LogP contribution in [-0.2, 0) is 4.74 Å². The lowest BCUT2D eigenvalue weighted by molar-refractivity contribution is -0.843. The molecule has 0 saturated carbocycles. The van der Waals surface area contributed by atoms with Crippen molar-refractivity contribution in [3.63, 3.8) is 0 Å². The zero-order valence-corrected chi connectivity index (χ0v) is 14.9. The summed E-state index contributed by atoms with van der Waals surface area (Å²) in [5, 5.41) is 4.45. The highest BCUT2D eigenvalue weighted by molar-refractivity contribution is 5.87. The molecule has 5 nitrogen and oxygen atoms in total. The van der Waals surface area contributed by atoms with Gasteiger partial charge in [-0.1, -0.05) is 29.8 Å². The molecule has 130 valence electrons. The van der Waals surface area contributed by atoms with Gasteiger partial charge in [0.2, 0.25) is 11.8 Å². The van der Waals surface area contributed by atoms with Crippen molar-refractivity contribution in [3.8, 4) is 0 Å². The van der Waals surface area contributed by atoms with Gasteiger partial charge < -0.3 is 22.5 Å². The monoisotopic (exact) mass is 356 g/mol. The minimum Gasteiger partial charge on any atom is -1.00 e. The topological polar surface area (TPSA) is 51.5 Å². The number of fused-ring (bicyclic) bond motifs is 1. The lowest BCUT2D eigenvalue weighted by atomic mass is 10.2. The maximum Gasteiger partial charge on any atom is 0.238 e. The number of nitrogens with zero attached hydrogens (tertiary/aromatic N) is 2. The minimum absolute atomic E-state index is 0. The summed E-state index contributed by atoms with van der Waals surface area (Å²) in [6.07, 6.45) is 0. The molecule has 2 heterocycles. The number of quaternary nitrogens is 1. The van der Waals surface area contributed by atoms with Crippen LogP contribution in [0.1, 0.15) is 5.56 Å². The van der Waals surface area contributed by atoms with Crippen molar-refractivity contribution < 1.29 is 22.0 Å². The molecular formula is C19H21ClN4O. The van der Waals surface area contributed by atoms with Crippen LogP contribution in [0.5, 0.6) is 0 Å². The predicted octanol–water partition coefficient (Wildman–Crippen LogP) is -0.768. The van der Waals surface area contributed by atoms with Gasteiger partial charge in [0.15, 0.2) is 0 Å². The van der Waals surface area contributed by atoms with Crippen molar-refractivity contribution in [3.05, 3.63) is 54.1 Å². The van der Waals surface area contributed by atoms with Gasteiger partial charge in [-0.25, -0.2) is 4.98 Å². The molecule has 1 aliphatic rings. The van der Waals surface area contributed by atoms with E-state index in [-0.39, 0.29) is 12.4 Å². The Morgan fingerprint density at radius 3 is 2.44 bits per heavy atom. The Morgan fingerprint density at radius 1 is 0.960 bits per heavy atom. The van der Waals surface area contributed by atoms with Crippen LogP contribution in [-0.4, -0.2) is 36.3 Å². The van der Waals surface area contributed by atoms with E-state index >= 15 is 0 Å². The molecule has 0 bridgehead atoms. The predicted molar refractivity (Wildman–Crippen MR) is 95.2 cm³/mol. The van der Waals surface area contributed by atoms with Crippen LogP contribution in [0.4, 0.5) is 17.5 Å². The highest BCUT2D eigenvalue weighted by atomic mass is 35.5. The van der Waals surface area contributed by atoms with E-state index in [9.17, 15) is 0 Å². The molecule has 1 aromatic heterocycles. The first-order valence-electron chi connectivity index (χ1n) is 8.33. The van der Waals surface area contributed by atoms with E-state index in [4.69, 9.17) is 9.72 Å². The number of para-hydroxylation sites is 1. The molecule has 3 aromatic rings. The number of aryl methyl sites for hydroxylation is 1. The van der Waals surface area contributed by atoms with Gasteiger partial charge in [0, 0.05) is 5.69 Å². The Hall–Kier alpha value is -2.21. The Bertz CT molecular complexity index is 848. The second-order valence-corrected chi connectivity index (χ2v) is 6.12. The fourth-order valence-electron chi connectivity index (χ4n) is 3.02. The van der Waals surface area contributed by atoms with Crippen molar-refractivity contribution >= 4 is 28.4 Å². The van der Waals surface area contributed by atoms with Crippen LogP contribution in [0.2, 0.25) is 0 Å². The molecule has 0 amide bonds. The Morgan fingerprint density at radius 2 is 1.68 bits per heavy atom. The quantitative estimate of drug-likeness (QED) is 0.647. The van der Waals surface area contributed by atoms with E-state index in [1.807, 2.05) is 18.2 Å². The Labute approximate surface area is 153 Å². The number of hydrogen-bond acceptors (Lipinski definition) is 4. The number of anilines is 2. The summed E-state index contributed by atoms with van der Waals surface area (Å²) in [5.74, 6) is 1.70. The Balaban J connectivity index is 0.00000182. The van der Waals surface area contributed by atoms with Gasteiger partial charge >= 0.3 is 0 Å².